The molecule has 1 aliphatic carbocycles. The first kappa shape index (κ1) is 25.4. The van der Waals surface area contributed by atoms with E-state index in [0.717, 1.165) is 36.3 Å². The largest absolute Gasteiger partial charge is 0.458 e. The first-order valence-corrected chi connectivity index (χ1v) is 11.2. The predicted octanol–water partition coefficient (Wildman–Crippen LogP) is 3.93. The number of ether oxygens (including phenoxy) is 2. The van der Waals surface area contributed by atoms with E-state index < -0.39 is 29.6 Å². The molecule has 0 heterocycles. The highest BCUT2D eigenvalue weighted by Crippen LogP contribution is 2.29. The van der Waals surface area contributed by atoms with Crippen molar-refractivity contribution in [3.63, 3.8) is 0 Å². The second kappa shape index (κ2) is 12.2. The molecule has 8 heteroatoms. The van der Waals surface area contributed by atoms with Crippen LogP contribution in [0.15, 0.2) is 30.3 Å². The topological polar surface area (TPSA) is 102 Å². The number of nitrogens with zero attached hydrogens (tertiary/aromatic N) is 1. The Hall–Kier alpha value is -2.90. The van der Waals surface area contributed by atoms with Gasteiger partial charge in [0.2, 0.25) is 5.91 Å². The third-order valence-electron chi connectivity index (χ3n) is 5.24. The maximum atomic E-state index is 13.0. The van der Waals surface area contributed by atoms with Crippen LogP contribution in [0.25, 0.3) is 0 Å². The van der Waals surface area contributed by atoms with Gasteiger partial charge in [-0.2, -0.15) is 0 Å². The minimum atomic E-state index is -1.27. The molecule has 2 rings (SSSR count). The van der Waals surface area contributed by atoms with Crippen LogP contribution in [0.4, 0.5) is 4.79 Å². The summed E-state index contributed by atoms with van der Waals surface area (Å²) in [7, 11) is 0. The van der Waals surface area contributed by atoms with E-state index in [1.54, 1.807) is 32.9 Å². The zero-order valence-electron chi connectivity index (χ0n) is 19.2. The summed E-state index contributed by atoms with van der Waals surface area (Å²) >= 11 is 0. The molecule has 0 aliphatic heterocycles. The van der Waals surface area contributed by atoms with Gasteiger partial charge >= 0.3 is 12.1 Å². The number of rotatable bonds is 9. The van der Waals surface area contributed by atoms with Gasteiger partial charge in [-0.1, -0.05) is 56.0 Å². The summed E-state index contributed by atoms with van der Waals surface area (Å²) < 4.78 is 10.6. The third kappa shape index (κ3) is 8.69. The van der Waals surface area contributed by atoms with Crippen LogP contribution in [-0.2, 0) is 30.5 Å². The molecule has 1 aliphatic rings. The van der Waals surface area contributed by atoms with Crippen molar-refractivity contribution in [3.8, 4) is 0 Å². The quantitative estimate of drug-likeness (QED) is 0.350. The number of esters is 1. The lowest BCUT2D eigenvalue weighted by molar-refractivity contribution is -0.167. The van der Waals surface area contributed by atoms with Crippen LogP contribution in [-0.4, -0.2) is 40.9 Å². The molecule has 1 atom stereocenters. The van der Waals surface area contributed by atoms with E-state index in [1.165, 1.54) is 0 Å². The van der Waals surface area contributed by atoms with Crippen LogP contribution >= 0.6 is 0 Å². The molecule has 2 amide bonds. The molecular formula is C24H34N2O6. The van der Waals surface area contributed by atoms with E-state index in [1.807, 2.05) is 18.2 Å². The molecule has 32 heavy (non-hydrogen) atoms. The second-order valence-corrected chi connectivity index (χ2v) is 9.08. The first-order chi connectivity index (χ1) is 15.2. The molecule has 0 radical (unpaired) electrons. The number of hydrogen-bond acceptors (Lipinski definition) is 6. The number of carbonyl (C=O) groups is 4. The Labute approximate surface area is 189 Å². The summed E-state index contributed by atoms with van der Waals surface area (Å²) in [5.74, 6) is -0.759. The Morgan fingerprint density at radius 3 is 2.41 bits per heavy atom. The third-order valence-corrected chi connectivity index (χ3v) is 5.24. The Bertz CT molecular complexity index is 768. The number of carbonyl (C=O) groups excluding carboxylic acids is 4. The number of benzene rings is 1. The van der Waals surface area contributed by atoms with E-state index in [9.17, 15) is 19.2 Å². The summed E-state index contributed by atoms with van der Waals surface area (Å²) in [6.07, 6.45) is 4.61. The zero-order chi connectivity index (χ0) is 23.6. The number of amides is 2. The van der Waals surface area contributed by atoms with Crippen molar-refractivity contribution in [2.75, 3.05) is 0 Å². The van der Waals surface area contributed by atoms with Crippen LogP contribution in [0.3, 0.4) is 0 Å². The first-order valence-electron chi connectivity index (χ1n) is 11.2. The average Bonchev–Trinajstić information content (AvgIpc) is 3.26. The maximum Gasteiger partial charge on any atom is 0.426 e. The van der Waals surface area contributed by atoms with Crippen molar-refractivity contribution >= 4 is 24.3 Å². The van der Waals surface area contributed by atoms with E-state index in [-0.39, 0.29) is 19.4 Å². The number of hydrogen-bond donors (Lipinski definition) is 1. The van der Waals surface area contributed by atoms with Crippen molar-refractivity contribution in [1.82, 2.24) is 10.4 Å². The van der Waals surface area contributed by atoms with Crippen LogP contribution in [0.2, 0.25) is 0 Å². The smallest absolute Gasteiger partial charge is 0.426 e. The monoisotopic (exact) mass is 446 g/mol. The van der Waals surface area contributed by atoms with Gasteiger partial charge in [0.25, 0.3) is 0 Å². The van der Waals surface area contributed by atoms with Gasteiger partial charge in [0.1, 0.15) is 18.5 Å². The number of hydrazine groups is 1. The Morgan fingerprint density at radius 2 is 1.81 bits per heavy atom. The van der Waals surface area contributed by atoms with Crippen LogP contribution in [0, 0.1) is 5.92 Å². The van der Waals surface area contributed by atoms with Crippen molar-refractivity contribution in [2.45, 2.75) is 84.0 Å². The van der Waals surface area contributed by atoms with E-state index in [2.05, 4.69) is 5.43 Å². The van der Waals surface area contributed by atoms with Gasteiger partial charge in [0, 0.05) is 12.8 Å². The highest BCUT2D eigenvalue weighted by atomic mass is 16.6. The highest BCUT2D eigenvalue weighted by molar-refractivity contribution is 5.87. The van der Waals surface area contributed by atoms with Crippen LogP contribution in [0.1, 0.15) is 71.3 Å². The SMILES string of the molecule is CC(C)(C)OC(=O)[C@H](CC=O)N(NC(=O)OCc1ccccc1)C(=O)CCC1CCCC1. The summed E-state index contributed by atoms with van der Waals surface area (Å²) in [6, 6.07) is 7.81. The maximum absolute atomic E-state index is 13.0. The number of nitrogens with one attached hydrogen (secondary N) is 1. The molecule has 1 aromatic carbocycles. The molecule has 1 aromatic rings. The summed E-state index contributed by atoms with van der Waals surface area (Å²) in [4.78, 5) is 49.5. The Balaban J connectivity index is 2.11. The molecule has 0 unspecified atom stereocenters. The molecule has 1 N–H and O–H groups in total. The fourth-order valence-corrected chi connectivity index (χ4v) is 3.68. The van der Waals surface area contributed by atoms with Gasteiger partial charge in [0.15, 0.2) is 6.04 Å². The summed E-state index contributed by atoms with van der Waals surface area (Å²) in [5.41, 5.74) is 2.34. The molecule has 0 spiro atoms. The lowest BCUT2D eigenvalue weighted by Gasteiger charge is -2.31. The molecule has 8 nitrogen and oxygen atoms in total. The van der Waals surface area contributed by atoms with Crippen molar-refractivity contribution in [1.29, 1.82) is 0 Å². The molecular weight excluding hydrogens is 412 g/mol. The molecule has 1 fully saturated rings. The van der Waals surface area contributed by atoms with E-state index in [0.29, 0.717) is 18.6 Å². The van der Waals surface area contributed by atoms with Gasteiger partial charge in [-0.15, -0.1) is 0 Å². The number of aldehydes is 1. The van der Waals surface area contributed by atoms with E-state index in [4.69, 9.17) is 9.47 Å². The normalized spacial score (nSPS) is 15.0. The second-order valence-electron chi connectivity index (χ2n) is 9.08. The van der Waals surface area contributed by atoms with Gasteiger partial charge in [-0.3, -0.25) is 4.79 Å². The molecule has 176 valence electrons. The van der Waals surface area contributed by atoms with Crippen LogP contribution < -0.4 is 5.43 Å². The minimum Gasteiger partial charge on any atom is -0.458 e. The lowest BCUT2D eigenvalue weighted by atomic mass is 10.0. The molecule has 1 saturated carbocycles. The van der Waals surface area contributed by atoms with Gasteiger partial charge < -0.3 is 14.3 Å². The fourth-order valence-electron chi connectivity index (χ4n) is 3.68. The Morgan fingerprint density at radius 1 is 1.16 bits per heavy atom. The highest BCUT2D eigenvalue weighted by Gasteiger charge is 2.35. The van der Waals surface area contributed by atoms with Crippen molar-refractivity contribution in [2.24, 2.45) is 5.92 Å². The Kier molecular flexibility index (Phi) is 9.68. The zero-order valence-corrected chi connectivity index (χ0v) is 19.2. The average molecular weight is 447 g/mol. The summed E-state index contributed by atoms with van der Waals surface area (Å²) in [6.45, 7) is 5.07. The van der Waals surface area contributed by atoms with Crippen molar-refractivity contribution < 1.29 is 28.7 Å². The molecule has 0 aromatic heterocycles. The van der Waals surface area contributed by atoms with Gasteiger partial charge in [-0.25, -0.2) is 20.0 Å². The minimum absolute atomic E-state index is 0.00155. The predicted molar refractivity (Wildman–Crippen MR) is 118 cm³/mol. The molecule has 0 saturated heterocycles. The fraction of sp³-hybridized carbons (Fsp3) is 0.583. The van der Waals surface area contributed by atoms with Crippen LogP contribution in [0.5, 0.6) is 0 Å². The summed E-state index contributed by atoms with van der Waals surface area (Å²) in [5, 5.41) is 0.907. The van der Waals surface area contributed by atoms with Gasteiger partial charge in [0.05, 0.1) is 0 Å². The van der Waals surface area contributed by atoms with Crippen molar-refractivity contribution in [3.05, 3.63) is 35.9 Å². The standard InChI is InChI=1S/C24H34N2O6/c1-24(2,3)32-22(29)20(15-16-27)26(21(28)14-13-18-9-7-8-10-18)25-23(30)31-17-19-11-5-4-6-12-19/h4-6,11-12,16,18,20H,7-10,13-15,17H2,1-3H3,(H,25,30)/t20-/m0/s1. The van der Waals surface area contributed by atoms with Gasteiger partial charge in [-0.05, 0) is 38.7 Å². The molecule has 0 bridgehead atoms. The lowest BCUT2D eigenvalue weighted by Crippen LogP contribution is -2.56. The van der Waals surface area contributed by atoms with E-state index >= 15 is 0 Å².